The van der Waals surface area contributed by atoms with Crippen molar-refractivity contribution in [3.63, 3.8) is 0 Å². The standard InChI is InChI=1S/C34H30O6/c1-21-3-7-23(8-4-21)25-11-15-27(16-12-25)33(35)39-29-19-37-32-30(20-38-31(29)32)40-34(36)28-17-13-26(14-18-28)24-9-5-22(2)6-10-24/h3-18,29-32H,19-20H2,1-2H3. The molecule has 202 valence electrons. The number of benzene rings is 4. The molecule has 6 heteroatoms. The second kappa shape index (κ2) is 11.1. The Kier molecular flexibility index (Phi) is 7.20. The number of carbonyl (C=O) groups excluding carboxylic acids is 2. The van der Waals surface area contributed by atoms with Gasteiger partial charge in [0.2, 0.25) is 0 Å². The monoisotopic (exact) mass is 534 g/mol. The summed E-state index contributed by atoms with van der Waals surface area (Å²) in [5.41, 5.74) is 7.51. The molecule has 0 amide bonds. The molecule has 6 rings (SSSR count). The van der Waals surface area contributed by atoms with Crippen LogP contribution in [0.15, 0.2) is 97.1 Å². The SMILES string of the molecule is Cc1ccc(-c2ccc(C(=O)OC3COC4C(OC(=O)c5ccc(-c6ccc(C)cc6)cc5)COC34)cc2)cc1. The van der Waals surface area contributed by atoms with Crippen LogP contribution in [0.5, 0.6) is 0 Å². The topological polar surface area (TPSA) is 71.1 Å². The van der Waals surface area contributed by atoms with Crippen LogP contribution in [0.3, 0.4) is 0 Å². The first-order chi connectivity index (χ1) is 19.4. The number of hydrogen-bond acceptors (Lipinski definition) is 6. The van der Waals surface area contributed by atoms with E-state index in [1.54, 1.807) is 24.3 Å². The van der Waals surface area contributed by atoms with Crippen LogP contribution < -0.4 is 0 Å². The van der Waals surface area contributed by atoms with Gasteiger partial charge < -0.3 is 18.9 Å². The van der Waals surface area contributed by atoms with Crippen molar-refractivity contribution in [3.8, 4) is 22.3 Å². The third-order valence-corrected chi connectivity index (χ3v) is 7.49. The molecule has 4 aromatic rings. The Hall–Kier alpha value is -4.26. The smallest absolute Gasteiger partial charge is 0.338 e. The molecule has 40 heavy (non-hydrogen) atoms. The lowest BCUT2D eigenvalue weighted by Gasteiger charge is -2.17. The molecule has 0 saturated carbocycles. The molecular formula is C34H30O6. The average molecular weight is 535 g/mol. The summed E-state index contributed by atoms with van der Waals surface area (Å²) >= 11 is 0. The highest BCUT2D eigenvalue weighted by atomic mass is 16.7. The molecule has 0 N–H and O–H groups in total. The van der Waals surface area contributed by atoms with E-state index >= 15 is 0 Å². The van der Waals surface area contributed by atoms with Crippen molar-refractivity contribution < 1.29 is 28.5 Å². The van der Waals surface area contributed by atoms with Crippen LogP contribution in [0.2, 0.25) is 0 Å². The predicted octanol–water partition coefficient (Wildman–Crippen LogP) is 6.19. The van der Waals surface area contributed by atoms with Gasteiger partial charge in [0.25, 0.3) is 0 Å². The summed E-state index contributed by atoms with van der Waals surface area (Å²) < 4.78 is 23.2. The Morgan fingerprint density at radius 2 is 0.825 bits per heavy atom. The first-order valence-electron chi connectivity index (χ1n) is 13.4. The van der Waals surface area contributed by atoms with Crippen LogP contribution in [0.1, 0.15) is 31.8 Å². The van der Waals surface area contributed by atoms with Gasteiger partial charge in [-0.15, -0.1) is 0 Å². The van der Waals surface area contributed by atoms with Gasteiger partial charge in [-0.05, 0) is 60.4 Å². The van der Waals surface area contributed by atoms with Crippen LogP contribution in [-0.4, -0.2) is 49.6 Å². The molecule has 6 nitrogen and oxygen atoms in total. The zero-order chi connectivity index (χ0) is 27.6. The van der Waals surface area contributed by atoms with E-state index in [1.807, 2.05) is 38.1 Å². The third kappa shape index (κ3) is 5.41. The number of hydrogen-bond donors (Lipinski definition) is 0. The molecule has 4 atom stereocenters. The van der Waals surface area contributed by atoms with Gasteiger partial charge in [0, 0.05) is 0 Å². The molecule has 4 aromatic carbocycles. The molecule has 0 bridgehead atoms. The number of esters is 2. The Labute approximate surface area is 233 Å². The fraction of sp³-hybridized carbons (Fsp3) is 0.235. The molecule has 2 aliphatic heterocycles. The van der Waals surface area contributed by atoms with Crippen molar-refractivity contribution in [1.82, 2.24) is 0 Å². The van der Waals surface area contributed by atoms with E-state index in [0.717, 1.165) is 22.3 Å². The number of carbonyl (C=O) groups is 2. The number of fused-ring (bicyclic) bond motifs is 1. The van der Waals surface area contributed by atoms with E-state index in [1.165, 1.54) is 11.1 Å². The van der Waals surface area contributed by atoms with Gasteiger partial charge in [-0.3, -0.25) is 0 Å². The second-order valence-electron chi connectivity index (χ2n) is 10.4. The van der Waals surface area contributed by atoms with Crippen molar-refractivity contribution >= 4 is 11.9 Å². The Balaban J connectivity index is 1.04. The maximum absolute atomic E-state index is 12.9. The van der Waals surface area contributed by atoms with Crippen molar-refractivity contribution in [2.75, 3.05) is 13.2 Å². The van der Waals surface area contributed by atoms with E-state index in [4.69, 9.17) is 18.9 Å². The van der Waals surface area contributed by atoms with Crippen LogP contribution >= 0.6 is 0 Å². The van der Waals surface area contributed by atoms with Crippen LogP contribution in [0.25, 0.3) is 22.3 Å². The van der Waals surface area contributed by atoms with Crippen LogP contribution in [-0.2, 0) is 18.9 Å². The molecule has 2 saturated heterocycles. The van der Waals surface area contributed by atoms with Gasteiger partial charge in [0.05, 0.1) is 24.3 Å². The minimum Gasteiger partial charge on any atom is -0.453 e. The molecule has 0 radical (unpaired) electrons. The summed E-state index contributed by atoms with van der Waals surface area (Å²) in [6, 6.07) is 31.1. The van der Waals surface area contributed by atoms with E-state index in [-0.39, 0.29) is 13.2 Å². The van der Waals surface area contributed by atoms with Crippen molar-refractivity contribution in [2.24, 2.45) is 0 Å². The van der Waals surface area contributed by atoms with Gasteiger partial charge in [0.15, 0.2) is 12.2 Å². The van der Waals surface area contributed by atoms with Gasteiger partial charge in [0.1, 0.15) is 12.2 Å². The minimum atomic E-state index is -0.577. The highest BCUT2D eigenvalue weighted by Gasteiger charge is 2.51. The first kappa shape index (κ1) is 26.0. The maximum Gasteiger partial charge on any atom is 0.338 e. The van der Waals surface area contributed by atoms with Gasteiger partial charge >= 0.3 is 11.9 Å². The molecule has 2 aliphatic rings. The summed E-state index contributed by atoms with van der Waals surface area (Å²) in [4.78, 5) is 25.7. The molecule has 0 aromatic heterocycles. The summed E-state index contributed by atoms with van der Waals surface area (Å²) in [6.45, 7) is 4.46. The zero-order valence-corrected chi connectivity index (χ0v) is 22.4. The zero-order valence-electron chi connectivity index (χ0n) is 22.4. The van der Waals surface area contributed by atoms with Gasteiger partial charge in [-0.2, -0.15) is 0 Å². The lowest BCUT2D eigenvalue weighted by atomic mass is 10.0. The van der Waals surface area contributed by atoms with Gasteiger partial charge in [-0.25, -0.2) is 9.59 Å². The van der Waals surface area contributed by atoms with Crippen molar-refractivity contribution in [1.29, 1.82) is 0 Å². The van der Waals surface area contributed by atoms with Crippen LogP contribution in [0, 0.1) is 13.8 Å². The molecule has 2 heterocycles. The summed E-state index contributed by atoms with van der Waals surface area (Å²) in [6.07, 6.45) is -2.13. The van der Waals surface area contributed by atoms with Crippen molar-refractivity contribution in [3.05, 3.63) is 119 Å². The molecule has 0 aliphatic carbocycles. The number of aryl methyl sites for hydroxylation is 2. The lowest BCUT2D eigenvalue weighted by molar-refractivity contribution is -0.0287. The average Bonchev–Trinajstić information content (AvgIpc) is 3.57. The Morgan fingerprint density at radius 1 is 0.525 bits per heavy atom. The second-order valence-corrected chi connectivity index (χ2v) is 10.4. The fourth-order valence-corrected chi connectivity index (χ4v) is 5.13. The largest absolute Gasteiger partial charge is 0.453 e. The Bertz CT molecular complexity index is 1370. The van der Waals surface area contributed by atoms with E-state index in [9.17, 15) is 9.59 Å². The predicted molar refractivity (Wildman–Crippen MR) is 151 cm³/mol. The molecule has 0 spiro atoms. The highest BCUT2D eigenvalue weighted by molar-refractivity contribution is 5.91. The number of rotatable bonds is 6. The fourth-order valence-electron chi connectivity index (χ4n) is 5.13. The number of ether oxygens (including phenoxy) is 4. The first-order valence-corrected chi connectivity index (χ1v) is 13.4. The summed E-state index contributed by atoms with van der Waals surface area (Å²) in [5.74, 6) is -0.884. The third-order valence-electron chi connectivity index (χ3n) is 7.49. The summed E-state index contributed by atoms with van der Waals surface area (Å²) in [7, 11) is 0. The minimum absolute atomic E-state index is 0.182. The highest BCUT2D eigenvalue weighted by Crippen LogP contribution is 2.32. The Morgan fingerprint density at radius 3 is 1.15 bits per heavy atom. The van der Waals surface area contributed by atoms with Crippen molar-refractivity contribution in [2.45, 2.75) is 38.3 Å². The van der Waals surface area contributed by atoms with E-state index in [2.05, 4.69) is 48.5 Å². The quantitative estimate of drug-likeness (QED) is 0.275. The maximum atomic E-state index is 12.9. The van der Waals surface area contributed by atoms with E-state index in [0.29, 0.717) is 11.1 Å². The normalized spacial score (nSPS) is 21.6. The molecule has 4 unspecified atom stereocenters. The van der Waals surface area contributed by atoms with Gasteiger partial charge in [-0.1, -0.05) is 83.9 Å². The molecule has 2 fully saturated rings. The lowest BCUT2D eigenvalue weighted by Crippen LogP contribution is -2.36. The van der Waals surface area contributed by atoms with Crippen LogP contribution in [0.4, 0.5) is 0 Å². The van der Waals surface area contributed by atoms with E-state index < -0.39 is 36.4 Å². The summed E-state index contributed by atoms with van der Waals surface area (Å²) in [5, 5.41) is 0. The molecular weight excluding hydrogens is 504 g/mol.